The van der Waals surface area contributed by atoms with Crippen LogP contribution in [0.4, 0.5) is 0 Å². The van der Waals surface area contributed by atoms with Gasteiger partial charge in [0.15, 0.2) is 5.78 Å². The largest absolute Gasteiger partial charge is 0.346 e. The zero-order valence-corrected chi connectivity index (χ0v) is 15.3. The molecular formula is C24H23NO. The summed E-state index contributed by atoms with van der Waals surface area (Å²) >= 11 is 0. The van der Waals surface area contributed by atoms with Crippen LogP contribution >= 0.6 is 0 Å². The van der Waals surface area contributed by atoms with E-state index in [1.165, 1.54) is 0 Å². The molecule has 2 nitrogen and oxygen atoms in total. The molecule has 0 radical (unpaired) electrons. The normalized spacial score (nSPS) is 12.5. The van der Waals surface area contributed by atoms with Gasteiger partial charge in [-0.25, -0.2) is 0 Å². The van der Waals surface area contributed by atoms with Crippen molar-refractivity contribution < 1.29 is 4.79 Å². The number of carbonyl (C=O) groups excluding carboxylic acids is 1. The van der Waals surface area contributed by atoms with Gasteiger partial charge in [-0.2, -0.15) is 0 Å². The number of carbonyl (C=O) groups is 1. The van der Waals surface area contributed by atoms with Crippen molar-refractivity contribution in [1.82, 2.24) is 4.57 Å². The topological polar surface area (TPSA) is 22.0 Å². The van der Waals surface area contributed by atoms with Gasteiger partial charge in [0, 0.05) is 34.8 Å². The van der Waals surface area contributed by atoms with Crippen molar-refractivity contribution in [2.24, 2.45) is 5.92 Å². The molecule has 2 heteroatoms. The van der Waals surface area contributed by atoms with Crippen molar-refractivity contribution in [3.8, 4) is 0 Å². The van der Waals surface area contributed by atoms with Crippen LogP contribution in [-0.4, -0.2) is 10.4 Å². The van der Waals surface area contributed by atoms with Gasteiger partial charge < -0.3 is 4.57 Å². The molecule has 0 fully saturated rings. The van der Waals surface area contributed by atoms with E-state index < -0.39 is 0 Å². The molecule has 1 unspecified atom stereocenters. The van der Waals surface area contributed by atoms with Crippen molar-refractivity contribution in [1.29, 1.82) is 0 Å². The first-order valence-electron chi connectivity index (χ1n) is 9.28. The zero-order chi connectivity index (χ0) is 18.1. The first-order chi connectivity index (χ1) is 12.7. The van der Waals surface area contributed by atoms with E-state index in [0.717, 1.165) is 45.8 Å². The van der Waals surface area contributed by atoms with E-state index in [0.29, 0.717) is 5.92 Å². The Morgan fingerprint density at radius 1 is 0.962 bits per heavy atom. The second kappa shape index (κ2) is 6.80. The Balaban J connectivity index is 1.80. The minimum Gasteiger partial charge on any atom is -0.346 e. The molecule has 0 aliphatic heterocycles. The summed E-state index contributed by atoms with van der Waals surface area (Å²) in [5.41, 5.74) is 2.67. The predicted molar refractivity (Wildman–Crippen MR) is 109 cm³/mol. The van der Waals surface area contributed by atoms with Crippen LogP contribution in [0, 0.1) is 5.92 Å². The summed E-state index contributed by atoms with van der Waals surface area (Å²) in [6.07, 6.45) is 3.16. The number of rotatable bonds is 5. The van der Waals surface area contributed by atoms with Crippen LogP contribution in [0.15, 0.2) is 72.9 Å². The number of para-hydroxylation sites is 1. The number of ketones is 1. The summed E-state index contributed by atoms with van der Waals surface area (Å²) in [6.45, 7) is 5.39. The molecule has 0 saturated heterocycles. The van der Waals surface area contributed by atoms with Gasteiger partial charge in [-0.05, 0) is 28.8 Å². The Morgan fingerprint density at radius 2 is 1.69 bits per heavy atom. The first-order valence-corrected chi connectivity index (χ1v) is 9.28. The van der Waals surface area contributed by atoms with Gasteiger partial charge in [0.2, 0.25) is 0 Å². The average molecular weight is 341 g/mol. The average Bonchev–Trinajstić information content (AvgIpc) is 3.05. The highest BCUT2D eigenvalue weighted by atomic mass is 16.1. The monoisotopic (exact) mass is 341 g/mol. The molecule has 3 aromatic carbocycles. The molecule has 26 heavy (non-hydrogen) atoms. The molecule has 0 aliphatic rings. The fourth-order valence-corrected chi connectivity index (χ4v) is 3.53. The van der Waals surface area contributed by atoms with Crippen molar-refractivity contribution in [2.45, 2.75) is 26.8 Å². The van der Waals surface area contributed by atoms with Gasteiger partial charge in [-0.1, -0.05) is 74.9 Å². The van der Waals surface area contributed by atoms with Crippen LogP contribution < -0.4 is 0 Å². The van der Waals surface area contributed by atoms with Crippen molar-refractivity contribution >= 4 is 27.5 Å². The number of fused-ring (bicyclic) bond motifs is 2. The van der Waals surface area contributed by atoms with Crippen LogP contribution in [-0.2, 0) is 6.54 Å². The molecule has 4 rings (SSSR count). The van der Waals surface area contributed by atoms with Gasteiger partial charge in [-0.15, -0.1) is 0 Å². The van der Waals surface area contributed by atoms with Crippen LogP contribution in [0.2, 0.25) is 0 Å². The third-order valence-electron chi connectivity index (χ3n) is 5.25. The van der Waals surface area contributed by atoms with Crippen LogP contribution in [0.3, 0.4) is 0 Å². The Labute approximate surface area is 154 Å². The van der Waals surface area contributed by atoms with Gasteiger partial charge in [0.1, 0.15) is 0 Å². The zero-order valence-electron chi connectivity index (χ0n) is 15.3. The van der Waals surface area contributed by atoms with E-state index in [9.17, 15) is 4.79 Å². The number of hydrogen-bond donors (Lipinski definition) is 0. The second-order valence-corrected chi connectivity index (χ2v) is 7.12. The third kappa shape index (κ3) is 2.92. The highest BCUT2D eigenvalue weighted by molar-refractivity contribution is 6.17. The van der Waals surface area contributed by atoms with Gasteiger partial charge >= 0.3 is 0 Å². The molecule has 0 spiro atoms. The lowest BCUT2D eigenvalue weighted by Gasteiger charge is -2.10. The molecule has 1 heterocycles. The first kappa shape index (κ1) is 16.6. The van der Waals surface area contributed by atoms with E-state index >= 15 is 0 Å². The van der Waals surface area contributed by atoms with Gasteiger partial charge in [0.05, 0.1) is 0 Å². The molecule has 0 saturated carbocycles. The highest BCUT2D eigenvalue weighted by Gasteiger charge is 2.17. The maximum absolute atomic E-state index is 13.3. The molecule has 1 aromatic heterocycles. The summed E-state index contributed by atoms with van der Waals surface area (Å²) in [5, 5.41) is 3.29. The standard InChI is InChI=1S/C24H23NO/c1-3-17(2)15-25-16-22(21-10-6-7-11-23(21)25)24(26)20-13-12-18-8-4-5-9-19(18)14-20/h4-14,16-17H,3,15H2,1-2H3. The number of hydrogen-bond acceptors (Lipinski definition) is 1. The number of benzene rings is 3. The minimum atomic E-state index is 0.0925. The molecule has 0 N–H and O–H groups in total. The molecule has 1 atom stereocenters. The lowest BCUT2D eigenvalue weighted by Crippen LogP contribution is -2.05. The maximum Gasteiger partial charge on any atom is 0.195 e. The summed E-state index contributed by atoms with van der Waals surface area (Å²) in [4.78, 5) is 13.3. The molecule has 130 valence electrons. The van der Waals surface area contributed by atoms with Crippen LogP contribution in [0.5, 0.6) is 0 Å². The lowest BCUT2D eigenvalue weighted by atomic mass is 10.00. The Morgan fingerprint density at radius 3 is 2.50 bits per heavy atom. The maximum atomic E-state index is 13.3. The molecule has 0 bridgehead atoms. The van der Waals surface area contributed by atoms with E-state index in [1.807, 2.05) is 48.7 Å². The van der Waals surface area contributed by atoms with Crippen molar-refractivity contribution in [2.75, 3.05) is 0 Å². The van der Waals surface area contributed by atoms with E-state index in [1.54, 1.807) is 0 Å². The third-order valence-corrected chi connectivity index (χ3v) is 5.25. The Hall–Kier alpha value is -2.87. The Bertz CT molecular complexity index is 1090. The Kier molecular flexibility index (Phi) is 4.34. The number of aromatic nitrogens is 1. The quantitative estimate of drug-likeness (QED) is 0.404. The van der Waals surface area contributed by atoms with E-state index in [-0.39, 0.29) is 5.78 Å². The second-order valence-electron chi connectivity index (χ2n) is 7.12. The van der Waals surface area contributed by atoms with Crippen LogP contribution in [0.25, 0.3) is 21.7 Å². The number of nitrogens with zero attached hydrogens (tertiary/aromatic N) is 1. The van der Waals surface area contributed by atoms with E-state index in [4.69, 9.17) is 0 Å². The summed E-state index contributed by atoms with van der Waals surface area (Å²) in [6, 6.07) is 22.3. The fourth-order valence-electron chi connectivity index (χ4n) is 3.53. The smallest absolute Gasteiger partial charge is 0.195 e. The lowest BCUT2D eigenvalue weighted by molar-refractivity contribution is 0.104. The summed E-state index contributed by atoms with van der Waals surface area (Å²) in [7, 11) is 0. The molecule has 4 aromatic rings. The van der Waals surface area contributed by atoms with Crippen molar-refractivity contribution in [3.63, 3.8) is 0 Å². The van der Waals surface area contributed by atoms with Gasteiger partial charge in [0.25, 0.3) is 0 Å². The summed E-state index contributed by atoms with van der Waals surface area (Å²) in [5.74, 6) is 0.671. The fraction of sp³-hybridized carbons (Fsp3) is 0.208. The van der Waals surface area contributed by atoms with Crippen molar-refractivity contribution in [3.05, 3.63) is 84.1 Å². The van der Waals surface area contributed by atoms with E-state index in [2.05, 4.69) is 42.7 Å². The summed E-state index contributed by atoms with van der Waals surface area (Å²) < 4.78 is 2.23. The van der Waals surface area contributed by atoms with Crippen LogP contribution in [0.1, 0.15) is 36.2 Å². The predicted octanol–water partition coefficient (Wildman–Crippen LogP) is 6.07. The van der Waals surface area contributed by atoms with Gasteiger partial charge in [-0.3, -0.25) is 4.79 Å². The molecular weight excluding hydrogens is 318 g/mol. The minimum absolute atomic E-state index is 0.0925. The SMILES string of the molecule is CCC(C)Cn1cc(C(=O)c2ccc3ccccc3c2)c2ccccc21. The molecule has 0 amide bonds. The molecule has 0 aliphatic carbocycles. The highest BCUT2D eigenvalue weighted by Crippen LogP contribution is 2.26.